The van der Waals surface area contributed by atoms with E-state index in [1.165, 1.54) is 0 Å². The molecule has 0 aromatic carbocycles. The summed E-state index contributed by atoms with van der Waals surface area (Å²) in [6, 6.07) is 5.50. The SMILES string of the molecule is Cc1ccc(-c2cc(C(=O)N3CCC[C@H](CCC(=O)N4CCCC4)C3)n[nH]2)o1. The van der Waals surface area contributed by atoms with E-state index in [-0.39, 0.29) is 11.8 Å². The Bertz CT molecular complexity index is 834. The van der Waals surface area contributed by atoms with Gasteiger partial charge in [-0.15, -0.1) is 0 Å². The molecular weight excluding hydrogens is 356 g/mol. The van der Waals surface area contributed by atoms with E-state index in [9.17, 15) is 9.59 Å². The third kappa shape index (κ3) is 4.13. The molecule has 4 heterocycles. The molecule has 150 valence electrons. The van der Waals surface area contributed by atoms with E-state index in [2.05, 4.69) is 10.2 Å². The largest absolute Gasteiger partial charge is 0.460 e. The molecule has 7 nitrogen and oxygen atoms in total. The van der Waals surface area contributed by atoms with E-state index in [1.54, 1.807) is 6.07 Å². The number of H-pyrrole nitrogens is 1. The van der Waals surface area contributed by atoms with Gasteiger partial charge in [0.1, 0.15) is 11.5 Å². The second-order valence-electron chi connectivity index (χ2n) is 7.96. The van der Waals surface area contributed by atoms with E-state index in [0.29, 0.717) is 36.0 Å². The zero-order valence-electron chi connectivity index (χ0n) is 16.4. The third-order valence-corrected chi connectivity index (χ3v) is 5.83. The second kappa shape index (κ2) is 8.20. The second-order valence-corrected chi connectivity index (χ2v) is 7.96. The lowest BCUT2D eigenvalue weighted by Crippen LogP contribution is -2.40. The lowest BCUT2D eigenvalue weighted by molar-refractivity contribution is -0.130. The Balaban J connectivity index is 1.33. The van der Waals surface area contributed by atoms with Crippen LogP contribution in [0.2, 0.25) is 0 Å². The Morgan fingerprint density at radius 3 is 2.71 bits per heavy atom. The number of rotatable bonds is 5. The van der Waals surface area contributed by atoms with Gasteiger partial charge in [0.2, 0.25) is 5.91 Å². The molecule has 1 N–H and O–H groups in total. The summed E-state index contributed by atoms with van der Waals surface area (Å²) in [7, 11) is 0. The van der Waals surface area contributed by atoms with Crippen molar-refractivity contribution in [1.82, 2.24) is 20.0 Å². The van der Waals surface area contributed by atoms with Crippen LogP contribution in [-0.2, 0) is 4.79 Å². The number of nitrogens with one attached hydrogen (secondary N) is 1. The summed E-state index contributed by atoms with van der Waals surface area (Å²) in [5.74, 6) is 2.10. The van der Waals surface area contributed by atoms with Gasteiger partial charge in [0.25, 0.3) is 5.91 Å². The van der Waals surface area contributed by atoms with Gasteiger partial charge < -0.3 is 14.2 Å². The van der Waals surface area contributed by atoms with Crippen LogP contribution >= 0.6 is 0 Å². The highest BCUT2D eigenvalue weighted by molar-refractivity contribution is 5.93. The summed E-state index contributed by atoms with van der Waals surface area (Å²) in [5.41, 5.74) is 1.12. The van der Waals surface area contributed by atoms with Crippen LogP contribution in [0.25, 0.3) is 11.5 Å². The minimum atomic E-state index is -0.0543. The van der Waals surface area contributed by atoms with E-state index in [4.69, 9.17) is 4.42 Å². The van der Waals surface area contributed by atoms with E-state index >= 15 is 0 Å². The molecule has 0 bridgehead atoms. The molecule has 2 aliphatic rings. The maximum Gasteiger partial charge on any atom is 0.274 e. The number of likely N-dealkylation sites (tertiary alicyclic amines) is 2. The van der Waals surface area contributed by atoms with Crippen LogP contribution in [0.3, 0.4) is 0 Å². The highest BCUT2D eigenvalue weighted by Gasteiger charge is 2.27. The van der Waals surface area contributed by atoms with Crippen molar-refractivity contribution in [2.75, 3.05) is 26.2 Å². The number of piperidine rings is 1. The number of amides is 2. The number of nitrogens with zero attached hydrogens (tertiary/aromatic N) is 3. The van der Waals surface area contributed by atoms with E-state index < -0.39 is 0 Å². The number of carbonyl (C=O) groups excluding carboxylic acids is 2. The van der Waals surface area contributed by atoms with Gasteiger partial charge in [0, 0.05) is 38.7 Å². The van der Waals surface area contributed by atoms with Crippen molar-refractivity contribution in [3.05, 3.63) is 29.7 Å². The summed E-state index contributed by atoms with van der Waals surface area (Å²) in [5, 5.41) is 7.09. The molecule has 0 spiro atoms. The number of hydrogen-bond acceptors (Lipinski definition) is 4. The van der Waals surface area contributed by atoms with Gasteiger partial charge >= 0.3 is 0 Å². The molecule has 2 aromatic heterocycles. The minimum absolute atomic E-state index is 0.0543. The van der Waals surface area contributed by atoms with Crippen LogP contribution in [0.5, 0.6) is 0 Å². The van der Waals surface area contributed by atoms with Gasteiger partial charge in [-0.3, -0.25) is 14.7 Å². The molecule has 2 aromatic rings. The number of furan rings is 1. The summed E-state index contributed by atoms with van der Waals surface area (Å²) in [6.45, 7) is 5.15. The monoisotopic (exact) mass is 384 g/mol. The Morgan fingerprint density at radius 2 is 1.96 bits per heavy atom. The van der Waals surface area contributed by atoms with Gasteiger partial charge in [-0.25, -0.2) is 0 Å². The average molecular weight is 384 g/mol. The quantitative estimate of drug-likeness (QED) is 0.858. The standard InChI is InChI=1S/C21H28N4O3/c1-15-6-8-19(28-15)17-13-18(23-22-17)21(27)25-12-4-5-16(14-25)7-9-20(26)24-10-2-3-11-24/h6,8,13,16H,2-5,7,9-12,14H2,1H3,(H,22,23)/t16-/m1/s1. The maximum atomic E-state index is 12.9. The van der Waals surface area contributed by atoms with Crippen molar-refractivity contribution in [3.63, 3.8) is 0 Å². The Kier molecular flexibility index (Phi) is 5.50. The molecule has 1 atom stereocenters. The predicted molar refractivity (Wildman–Crippen MR) is 105 cm³/mol. The predicted octanol–water partition coefficient (Wildman–Crippen LogP) is 3.23. The topological polar surface area (TPSA) is 82.4 Å². The number of carbonyl (C=O) groups is 2. The van der Waals surface area contributed by atoms with Gasteiger partial charge in [0.15, 0.2) is 11.5 Å². The van der Waals surface area contributed by atoms with Crippen molar-refractivity contribution in [2.45, 2.75) is 45.4 Å². The highest BCUT2D eigenvalue weighted by atomic mass is 16.3. The fourth-order valence-corrected chi connectivity index (χ4v) is 4.24. The van der Waals surface area contributed by atoms with E-state index in [1.807, 2.05) is 28.9 Å². The van der Waals surface area contributed by atoms with Crippen molar-refractivity contribution in [2.24, 2.45) is 5.92 Å². The molecule has 0 radical (unpaired) electrons. The Morgan fingerprint density at radius 1 is 1.18 bits per heavy atom. The van der Waals surface area contributed by atoms with Crippen molar-refractivity contribution < 1.29 is 14.0 Å². The summed E-state index contributed by atoms with van der Waals surface area (Å²) >= 11 is 0. The molecular formula is C21H28N4O3. The summed E-state index contributed by atoms with van der Waals surface area (Å²) < 4.78 is 5.59. The van der Waals surface area contributed by atoms with Gasteiger partial charge in [-0.05, 0) is 57.1 Å². The van der Waals surface area contributed by atoms with Crippen LogP contribution in [0.4, 0.5) is 0 Å². The first-order valence-corrected chi connectivity index (χ1v) is 10.3. The number of aromatic amines is 1. The molecule has 0 saturated carbocycles. The van der Waals surface area contributed by atoms with Gasteiger partial charge in [-0.1, -0.05) is 0 Å². The third-order valence-electron chi connectivity index (χ3n) is 5.83. The summed E-state index contributed by atoms with van der Waals surface area (Å²) in [6.07, 6.45) is 5.76. The Labute approximate surface area is 165 Å². The fraction of sp³-hybridized carbons (Fsp3) is 0.571. The molecule has 2 amide bonds. The number of hydrogen-bond donors (Lipinski definition) is 1. The van der Waals surface area contributed by atoms with Crippen LogP contribution in [-0.4, -0.2) is 58.0 Å². The van der Waals surface area contributed by atoms with Crippen LogP contribution in [0, 0.1) is 12.8 Å². The lowest BCUT2D eigenvalue weighted by atomic mass is 9.93. The first-order valence-electron chi connectivity index (χ1n) is 10.3. The molecule has 2 saturated heterocycles. The van der Waals surface area contributed by atoms with Crippen LogP contribution in [0.15, 0.2) is 22.6 Å². The average Bonchev–Trinajstić information content (AvgIpc) is 3.46. The molecule has 7 heteroatoms. The minimum Gasteiger partial charge on any atom is -0.460 e. The molecule has 4 rings (SSSR count). The number of aromatic nitrogens is 2. The van der Waals surface area contributed by atoms with Crippen molar-refractivity contribution in [1.29, 1.82) is 0 Å². The highest BCUT2D eigenvalue weighted by Crippen LogP contribution is 2.25. The lowest BCUT2D eigenvalue weighted by Gasteiger charge is -2.32. The zero-order chi connectivity index (χ0) is 19.5. The van der Waals surface area contributed by atoms with E-state index in [0.717, 1.165) is 57.5 Å². The first kappa shape index (κ1) is 18.8. The number of aryl methyl sites for hydroxylation is 1. The van der Waals surface area contributed by atoms with Gasteiger partial charge in [0.05, 0.1) is 0 Å². The Hall–Kier alpha value is -2.57. The van der Waals surface area contributed by atoms with Crippen LogP contribution in [0.1, 0.15) is 54.8 Å². The normalized spacial score (nSPS) is 20.0. The molecule has 2 fully saturated rings. The molecule has 2 aliphatic heterocycles. The maximum absolute atomic E-state index is 12.9. The molecule has 0 aliphatic carbocycles. The summed E-state index contributed by atoms with van der Waals surface area (Å²) in [4.78, 5) is 29.0. The zero-order valence-corrected chi connectivity index (χ0v) is 16.4. The van der Waals surface area contributed by atoms with Crippen molar-refractivity contribution >= 4 is 11.8 Å². The molecule has 28 heavy (non-hydrogen) atoms. The smallest absolute Gasteiger partial charge is 0.274 e. The fourth-order valence-electron chi connectivity index (χ4n) is 4.24. The van der Waals surface area contributed by atoms with Crippen LogP contribution < -0.4 is 0 Å². The van der Waals surface area contributed by atoms with Crippen molar-refractivity contribution in [3.8, 4) is 11.5 Å². The first-order chi connectivity index (χ1) is 13.6. The van der Waals surface area contributed by atoms with Gasteiger partial charge in [-0.2, -0.15) is 5.10 Å². The molecule has 0 unspecified atom stereocenters.